The van der Waals surface area contributed by atoms with Gasteiger partial charge in [-0.1, -0.05) is 12.1 Å². The number of hydrogen-bond acceptors (Lipinski definition) is 3. The molecule has 2 aliphatic rings. The average Bonchev–Trinajstić information content (AvgIpc) is 2.97. The van der Waals surface area contributed by atoms with Crippen molar-refractivity contribution in [3.8, 4) is 5.75 Å². The second-order valence-corrected chi connectivity index (χ2v) is 5.51. The van der Waals surface area contributed by atoms with Crippen LogP contribution in [-0.4, -0.2) is 38.2 Å². The van der Waals surface area contributed by atoms with Gasteiger partial charge in [-0.05, 0) is 44.5 Å². The molecule has 98 valence electrons. The van der Waals surface area contributed by atoms with E-state index in [1.54, 1.807) is 7.11 Å². The van der Waals surface area contributed by atoms with Crippen molar-refractivity contribution >= 4 is 5.69 Å². The van der Waals surface area contributed by atoms with E-state index in [9.17, 15) is 0 Å². The van der Waals surface area contributed by atoms with Gasteiger partial charge in [0.15, 0.2) is 0 Å². The molecule has 0 radical (unpaired) electrons. The molecule has 0 aliphatic carbocycles. The zero-order valence-electron chi connectivity index (χ0n) is 11.3. The third-order valence-corrected chi connectivity index (χ3v) is 4.47. The molecule has 1 fully saturated rings. The molecule has 0 amide bonds. The Morgan fingerprint density at radius 2 is 2.33 bits per heavy atom. The van der Waals surface area contributed by atoms with E-state index >= 15 is 0 Å². The van der Waals surface area contributed by atoms with Gasteiger partial charge in [0, 0.05) is 18.5 Å². The lowest BCUT2D eigenvalue weighted by atomic mass is 9.93. The summed E-state index contributed by atoms with van der Waals surface area (Å²) in [5.41, 5.74) is 2.65. The van der Waals surface area contributed by atoms with Gasteiger partial charge < -0.3 is 15.0 Å². The second kappa shape index (κ2) is 4.81. The van der Waals surface area contributed by atoms with Gasteiger partial charge in [0.05, 0.1) is 12.8 Å². The highest BCUT2D eigenvalue weighted by Crippen LogP contribution is 2.41. The monoisotopic (exact) mass is 246 g/mol. The maximum Gasteiger partial charge on any atom is 0.142 e. The first-order valence-corrected chi connectivity index (χ1v) is 6.90. The molecule has 3 rings (SSSR count). The highest BCUT2D eigenvalue weighted by atomic mass is 16.5. The lowest BCUT2D eigenvalue weighted by Crippen LogP contribution is -2.27. The van der Waals surface area contributed by atoms with E-state index in [0.717, 1.165) is 18.3 Å². The summed E-state index contributed by atoms with van der Waals surface area (Å²) < 4.78 is 5.42. The predicted molar refractivity (Wildman–Crippen MR) is 74.5 cm³/mol. The highest BCUT2D eigenvalue weighted by molar-refractivity contribution is 5.66. The largest absolute Gasteiger partial charge is 0.495 e. The molecule has 0 bridgehead atoms. The molecule has 0 aromatic heterocycles. The van der Waals surface area contributed by atoms with Crippen LogP contribution in [0.2, 0.25) is 0 Å². The fraction of sp³-hybridized carbons (Fsp3) is 0.600. The smallest absolute Gasteiger partial charge is 0.142 e. The number of likely N-dealkylation sites (tertiary alicyclic amines) is 1. The van der Waals surface area contributed by atoms with Crippen LogP contribution in [0.3, 0.4) is 0 Å². The van der Waals surface area contributed by atoms with E-state index in [0.29, 0.717) is 5.92 Å². The summed E-state index contributed by atoms with van der Waals surface area (Å²) in [6, 6.07) is 7.15. The molecule has 2 heterocycles. The van der Waals surface area contributed by atoms with Gasteiger partial charge in [0.1, 0.15) is 5.75 Å². The average molecular weight is 246 g/mol. The Hall–Kier alpha value is -1.22. The minimum absolute atomic E-state index is 0.639. The van der Waals surface area contributed by atoms with Crippen LogP contribution >= 0.6 is 0 Å². The third-order valence-electron chi connectivity index (χ3n) is 4.47. The van der Waals surface area contributed by atoms with Crippen molar-refractivity contribution in [3.63, 3.8) is 0 Å². The molecule has 3 heteroatoms. The fourth-order valence-electron chi connectivity index (χ4n) is 3.40. The van der Waals surface area contributed by atoms with Crippen LogP contribution in [0.25, 0.3) is 0 Å². The summed E-state index contributed by atoms with van der Waals surface area (Å²) in [6.07, 6.45) is 3.97. The Kier molecular flexibility index (Phi) is 3.16. The topological polar surface area (TPSA) is 24.5 Å². The Morgan fingerprint density at radius 3 is 3.06 bits per heavy atom. The molecule has 1 saturated heterocycles. The Labute approximate surface area is 109 Å². The molecule has 3 nitrogen and oxygen atoms in total. The first kappa shape index (κ1) is 11.8. The van der Waals surface area contributed by atoms with Gasteiger partial charge in [-0.3, -0.25) is 0 Å². The molecular formula is C15H22N2O. The van der Waals surface area contributed by atoms with Gasteiger partial charge in [0.2, 0.25) is 0 Å². The molecule has 2 atom stereocenters. The summed E-state index contributed by atoms with van der Waals surface area (Å²) in [5, 5.41) is 3.52. The quantitative estimate of drug-likeness (QED) is 0.887. The molecular weight excluding hydrogens is 224 g/mol. The van der Waals surface area contributed by atoms with Crippen molar-refractivity contribution in [3.05, 3.63) is 23.8 Å². The molecule has 1 unspecified atom stereocenters. The van der Waals surface area contributed by atoms with Crippen LogP contribution in [0.1, 0.15) is 30.7 Å². The number of para-hydroxylation sites is 1. The Morgan fingerprint density at radius 1 is 1.44 bits per heavy atom. The fourth-order valence-corrected chi connectivity index (χ4v) is 3.40. The molecule has 18 heavy (non-hydrogen) atoms. The van der Waals surface area contributed by atoms with Gasteiger partial charge >= 0.3 is 0 Å². The molecule has 1 N–H and O–H groups in total. The molecule has 0 saturated carbocycles. The first-order valence-electron chi connectivity index (χ1n) is 6.90. The maximum atomic E-state index is 5.42. The third kappa shape index (κ3) is 1.97. The lowest BCUT2D eigenvalue weighted by Gasteiger charge is -2.22. The van der Waals surface area contributed by atoms with Crippen molar-refractivity contribution in [2.45, 2.75) is 31.2 Å². The van der Waals surface area contributed by atoms with Gasteiger partial charge in [-0.25, -0.2) is 0 Å². The molecule has 1 aromatic rings. The number of rotatable bonds is 3. The van der Waals surface area contributed by atoms with Crippen LogP contribution < -0.4 is 10.1 Å². The Bertz CT molecular complexity index is 433. The lowest BCUT2D eigenvalue weighted by molar-refractivity contribution is 0.285. The molecule has 1 aromatic carbocycles. The van der Waals surface area contributed by atoms with E-state index in [2.05, 4.69) is 29.4 Å². The van der Waals surface area contributed by atoms with Crippen LogP contribution in [0.15, 0.2) is 18.2 Å². The van der Waals surface area contributed by atoms with Crippen molar-refractivity contribution in [1.82, 2.24) is 4.90 Å². The van der Waals surface area contributed by atoms with Gasteiger partial charge in [0.25, 0.3) is 0 Å². The summed E-state index contributed by atoms with van der Waals surface area (Å²) >= 11 is 0. The van der Waals surface area contributed by atoms with Crippen LogP contribution in [0.4, 0.5) is 5.69 Å². The van der Waals surface area contributed by atoms with Gasteiger partial charge in [-0.2, -0.15) is 0 Å². The number of benzene rings is 1. The number of methoxy groups -OCH3 is 1. The Balaban J connectivity index is 1.78. The summed E-state index contributed by atoms with van der Waals surface area (Å²) in [7, 11) is 4.00. The molecule has 0 spiro atoms. The van der Waals surface area contributed by atoms with Crippen molar-refractivity contribution in [1.29, 1.82) is 0 Å². The molecule has 2 aliphatic heterocycles. The standard InChI is InChI=1S/C15H22N2O/c1-17-8-4-5-12(17)9-11-10-16-15-13(11)6-3-7-14(15)18-2/h3,6-7,11-12,16H,4-5,8-10H2,1-2H3/t11?,12-/m1/s1. The summed E-state index contributed by atoms with van der Waals surface area (Å²) in [4.78, 5) is 2.51. The van der Waals surface area contributed by atoms with Crippen molar-refractivity contribution < 1.29 is 4.74 Å². The van der Waals surface area contributed by atoms with E-state index in [4.69, 9.17) is 4.74 Å². The van der Waals surface area contributed by atoms with Crippen molar-refractivity contribution in [2.75, 3.05) is 32.6 Å². The van der Waals surface area contributed by atoms with Crippen molar-refractivity contribution in [2.24, 2.45) is 0 Å². The van der Waals surface area contributed by atoms with E-state index in [1.807, 2.05) is 6.07 Å². The number of hydrogen-bond donors (Lipinski definition) is 1. The summed E-state index contributed by atoms with van der Waals surface area (Å²) in [5.74, 6) is 1.62. The van der Waals surface area contributed by atoms with Gasteiger partial charge in [-0.15, -0.1) is 0 Å². The minimum atomic E-state index is 0.639. The van der Waals surface area contributed by atoms with E-state index in [-0.39, 0.29) is 0 Å². The highest BCUT2D eigenvalue weighted by Gasteiger charge is 2.30. The zero-order chi connectivity index (χ0) is 12.5. The number of fused-ring (bicyclic) bond motifs is 1. The number of nitrogens with zero attached hydrogens (tertiary/aromatic N) is 1. The van der Waals surface area contributed by atoms with E-state index in [1.165, 1.54) is 37.1 Å². The SMILES string of the molecule is COc1cccc2c1NCC2C[C@H]1CCCN1C. The minimum Gasteiger partial charge on any atom is -0.495 e. The first-order chi connectivity index (χ1) is 8.79. The number of anilines is 1. The van der Waals surface area contributed by atoms with Crippen LogP contribution in [-0.2, 0) is 0 Å². The normalized spacial score (nSPS) is 27.0. The number of nitrogens with one attached hydrogen (secondary N) is 1. The second-order valence-electron chi connectivity index (χ2n) is 5.51. The van der Waals surface area contributed by atoms with E-state index < -0.39 is 0 Å². The summed E-state index contributed by atoms with van der Waals surface area (Å²) in [6.45, 7) is 2.32. The zero-order valence-corrected chi connectivity index (χ0v) is 11.3. The van der Waals surface area contributed by atoms with Crippen LogP contribution in [0, 0.1) is 0 Å². The number of ether oxygens (including phenoxy) is 1. The predicted octanol–water partition coefficient (Wildman–Crippen LogP) is 2.69. The van der Waals surface area contributed by atoms with Crippen LogP contribution in [0.5, 0.6) is 5.75 Å². The maximum absolute atomic E-state index is 5.42.